The average Bonchev–Trinajstić information content (AvgIpc) is 2.34. The van der Waals surface area contributed by atoms with Crippen LogP contribution in [0.4, 0.5) is 5.69 Å². The van der Waals surface area contributed by atoms with Gasteiger partial charge in [-0.3, -0.25) is 4.79 Å². The van der Waals surface area contributed by atoms with Gasteiger partial charge in [0.2, 0.25) is 0 Å². The third-order valence-corrected chi connectivity index (χ3v) is 2.79. The first-order valence-electron chi connectivity index (χ1n) is 5.99. The molecule has 0 spiro atoms. The van der Waals surface area contributed by atoms with Gasteiger partial charge in [0.25, 0.3) is 0 Å². The minimum atomic E-state index is -0.768. The molecule has 0 aliphatic rings. The summed E-state index contributed by atoms with van der Waals surface area (Å²) < 4.78 is 0. The molecule has 0 aliphatic heterocycles. The van der Waals surface area contributed by atoms with Crippen LogP contribution < -0.4 is 5.32 Å². The number of carboxylic acid groups (broad SMARTS) is 1. The maximum Gasteiger partial charge on any atom is 0.303 e. The monoisotopic (exact) mass is 246 g/mol. The van der Waals surface area contributed by atoms with E-state index in [9.17, 15) is 4.79 Å². The Morgan fingerprint density at radius 3 is 2.89 bits per heavy atom. The lowest BCUT2D eigenvalue weighted by Gasteiger charge is -2.14. The lowest BCUT2D eigenvalue weighted by molar-refractivity contribution is -0.137. The quantitative estimate of drug-likeness (QED) is 0.809. The largest absolute Gasteiger partial charge is 0.481 e. The molecule has 1 unspecified atom stereocenters. The van der Waals surface area contributed by atoms with Crippen LogP contribution in [0, 0.1) is 24.2 Å². The van der Waals surface area contributed by atoms with E-state index in [1.807, 2.05) is 26.0 Å². The highest BCUT2D eigenvalue weighted by Gasteiger charge is 2.07. The van der Waals surface area contributed by atoms with Gasteiger partial charge in [0.15, 0.2) is 0 Å². The summed E-state index contributed by atoms with van der Waals surface area (Å²) in [6.45, 7) is 4.64. The molecular formula is C14H18N2O2. The Hall–Kier alpha value is -2.02. The van der Waals surface area contributed by atoms with Crippen LogP contribution >= 0.6 is 0 Å². The third-order valence-electron chi connectivity index (χ3n) is 2.79. The van der Waals surface area contributed by atoms with Crippen molar-refractivity contribution in [2.45, 2.75) is 26.7 Å². The summed E-state index contributed by atoms with van der Waals surface area (Å²) in [6, 6.07) is 7.76. The summed E-state index contributed by atoms with van der Waals surface area (Å²) in [5, 5.41) is 20.8. The maximum atomic E-state index is 10.5. The Balaban J connectivity index is 2.55. The van der Waals surface area contributed by atoms with Crippen LogP contribution in [-0.4, -0.2) is 17.6 Å². The zero-order valence-corrected chi connectivity index (χ0v) is 10.7. The second kappa shape index (κ2) is 6.65. The fourth-order valence-electron chi connectivity index (χ4n) is 1.66. The van der Waals surface area contributed by atoms with E-state index < -0.39 is 5.97 Å². The number of nitriles is 1. The average molecular weight is 246 g/mol. The number of nitrogens with zero attached hydrogens (tertiary/aromatic N) is 1. The van der Waals surface area contributed by atoms with Gasteiger partial charge in [-0.15, -0.1) is 0 Å². The smallest absolute Gasteiger partial charge is 0.303 e. The van der Waals surface area contributed by atoms with Crippen molar-refractivity contribution in [3.05, 3.63) is 29.3 Å². The first kappa shape index (κ1) is 14.0. The predicted molar refractivity (Wildman–Crippen MR) is 70.4 cm³/mol. The standard InChI is InChI=1S/C14H18N2O2/c1-10-3-5-12(8-15)13(7-10)16-9-11(2)4-6-14(17)18/h3,5,7,11,16H,4,6,9H2,1-2H3,(H,17,18). The summed E-state index contributed by atoms with van der Waals surface area (Å²) in [4.78, 5) is 10.5. The summed E-state index contributed by atoms with van der Waals surface area (Å²) in [7, 11) is 0. The summed E-state index contributed by atoms with van der Waals surface area (Å²) in [5.41, 5.74) is 2.53. The van der Waals surface area contributed by atoms with Crippen LogP contribution in [0.3, 0.4) is 0 Å². The van der Waals surface area contributed by atoms with Crippen LogP contribution in [0.5, 0.6) is 0 Å². The van der Waals surface area contributed by atoms with E-state index in [1.165, 1.54) is 0 Å². The highest BCUT2D eigenvalue weighted by atomic mass is 16.4. The van der Waals surface area contributed by atoms with E-state index in [0.717, 1.165) is 11.3 Å². The normalized spacial score (nSPS) is 11.6. The van der Waals surface area contributed by atoms with Gasteiger partial charge >= 0.3 is 5.97 Å². The molecule has 0 saturated carbocycles. The van der Waals surface area contributed by atoms with Crippen molar-refractivity contribution in [2.75, 3.05) is 11.9 Å². The highest BCUT2D eigenvalue weighted by molar-refractivity contribution is 5.66. The van der Waals surface area contributed by atoms with E-state index in [4.69, 9.17) is 10.4 Å². The molecule has 0 radical (unpaired) electrons. The number of benzene rings is 1. The van der Waals surface area contributed by atoms with Gasteiger partial charge in [-0.2, -0.15) is 5.26 Å². The molecule has 0 amide bonds. The van der Waals surface area contributed by atoms with E-state index in [2.05, 4.69) is 11.4 Å². The van der Waals surface area contributed by atoms with Gasteiger partial charge in [-0.1, -0.05) is 13.0 Å². The van der Waals surface area contributed by atoms with Crippen molar-refractivity contribution in [1.29, 1.82) is 5.26 Å². The van der Waals surface area contributed by atoms with Crippen LogP contribution in [0.1, 0.15) is 30.9 Å². The molecule has 1 atom stereocenters. The van der Waals surface area contributed by atoms with Gasteiger partial charge in [-0.05, 0) is 37.0 Å². The summed E-state index contributed by atoms with van der Waals surface area (Å²) in [6.07, 6.45) is 0.817. The SMILES string of the molecule is Cc1ccc(C#N)c(NCC(C)CCC(=O)O)c1. The van der Waals surface area contributed by atoms with Crippen molar-refractivity contribution in [3.63, 3.8) is 0 Å². The van der Waals surface area contributed by atoms with Crippen LogP contribution in [0.25, 0.3) is 0 Å². The van der Waals surface area contributed by atoms with Crippen molar-refractivity contribution < 1.29 is 9.90 Å². The number of hydrogen-bond donors (Lipinski definition) is 2. The first-order chi connectivity index (χ1) is 8.52. The summed E-state index contributed by atoms with van der Waals surface area (Å²) >= 11 is 0. The van der Waals surface area contributed by atoms with Crippen LogP contribution in [0.15, 0.2) is 18.2 Å². The summed E-state index contributed by atoms with van der Waals surface area (Å²) in [5.74, 6) is -0.511. The van der Waals surface area contributed by atoms with Crippen LogP contribution in [-0.2, 0) is 4.79 Å². The van der Waals surface area contributed by atoms with E-state index in [1.54, 1.807) is 6.07 Å². The van der Waals surface area contributed by atoms with Gasteiger partial charge in [0.1, 0.15) is 6.07 Å². The lowest BCUT2D eigenvalue weighted by atomic mass is 10.0. The molecule has 0 aliphatic carbocycles. The Morgan fingerprint density at radius 2 is 2.28 bits per heavy atom. The third kappa shape index (κ3) is 4.46. The topological polar surface area (TPSA) is 73.1 Å². The predicted octanol–water partition coefficient (Wildman–Crippen LogP) is 2.78. The Labute approximate surface area is 107 Å². The molecule has 0 heterocycles. The Bertz CT molecular complexity index is 463. The van der Waals surface area contributed by atoms with Crippen molar-refractivity contribution in [1.82, 2.24) is 0 Å². The molecular weight excluding hydrogens is 228 g/mol. The Morgan fingerprint density at radius 1 is 1.56 bits per heavy atom. The number of hydrogen-bond acceptors (Lipinski definition) is 3. The van der Waals surface area contributed by atoms with Gasteiger partial charge < -0.3 is 10.4 Å². The second-order valence-corrected chi connectivity index (χ2v) is 4.58. The molecule has 96 valence electrons. The van der Waals surface area contributed by atoms with Crippen molar-refractivity contribution >= 4 is 11.7 Å². The zero-order chi connectivity index (χ0) is 13.5. The molecule has 0 aromatic heterocycles. The minimum absolute atomic E-state index is 0.182. The zero-order valence-electron chi connectivity index (χ0n) is 10.7. The van der Waals surface area contributed by atoms with Crippen LogP contribution in [0.2, 0.25) is 0 Å². The number of nitrogens with one attached hydrogen (secondary N) is 1. The van der Waals surface area contributed by atoms with E-state index in [0.29, 0.717) is 18.5 Å². The molecule has 4 nitrogen and oxygen atoms in total. The lowest BCUT2D eigenvalue weighted by Crippen LogP contribution is -2.13. The van der Waals surface area contributed by atoms with Crippen molar-refractivity contribution in [3.8, 4) is 6.07 Å². The number of rotatable bonds is 6. The molecule has 0 saturated heterocycles. The van der Waals surface area contributed by atoms with Crippen molar-refractivity contribution in [2.24, 2.45) is 5.92 Å². The van der Waals surface area contributed by atoms with E-state index in [-0.39, 0.29) is 12.3 Å². The maximum absolute atomic E-state index is 10.5. The van der Waals surface area contributed by atoms with E-state index >= 15 is 0 Å². The fourth-order valence-corrected chi connectivity index (χ4v) is 1.66. The number of carbonyl (C=O) groups is 1. The molecule has 1 rings (SSSR count). The number of aliphatic carboxylic acids is 1. The van der Waals surface area contributed by atoms with Gasteiger partial charge in [-0.25, -0.2) is 0 Å². The minimum Gasteiger partial charge on any atom is -0.481 e. The van der Waals surface area contributed by atoms with Gasteiger partial charge in [0.05, 0.1) is 11.3 Å². The highest BCUT2D eigenvalue weighted by Crippen LogP contribution is 2.17. The molecule has 1 aromatic carbocycles. The van der Waals surface area contributed by atoms with Gasteiger partial charge in [0, 0.05) is 13.0 Å². The number of aryl methyl sites for hydroxylation is 1. The molecule has 0 fully saturated rings. The molecule has 18 heavy (non-hydrogen) atoms. The number of carboxylic acids is 1. The first-order valence-corrected chi connectivity index (χ1v) is 5.99. The number of anilines is 1. The molecule has 2 N–H and O–H groups in total. The Kier molecular flexibility index (Phi) is 5.19. The molecule has 1 aromatic rings. The molecule has 0 bridgehead atoms. The fraction of sp³-hybridized carbons (Fsp3) is 0.429. The molecule has 4 heteroatoms. The second-order valence-electron chi connectivity index (χ2n) is 4.58.